The second kappa shape index (κ2) is 9.67. The van der Waals surface area contributed by atoms with Crippen molar-refractivity contribution in [3.63, 3.8) is 0 Å². The summed E-state index contributed by atoms with van der Waals surface area (Å²) >= 11 is 0. The molecule has 2 heteroatoms. The molecule has 6 rings (SSSR count). The summed E-state index contributed by atoms with van der Waals surface area (Å²) in [6.45, 7) is 0.0650. The van der Waals surface area contributed by atoms with Crippen molar-refractivity contribution >= 4 is 21.5 Å². The fraction of sp³-hybridized carbons (Fsp3) is 0.0857. The summed E-state index contributed by atoms with van der Waals surface area (Å²) in [5.41, 5.74) is 6.03. The van der Waals surface area contributed by atoms with E-state index in [-0.39, 0.29) is 13.2 Å². The Bertz CT molecular complexity index is 1560. The zero-order valence-corrected chi connectivity index (χ0v) is 20.5. The maximum Gasteiger partial charge on any atom is 0.0702 e. The van der Waals surface area contributed by atoms with Crippen LogP contribution < -0.4 is 0 Å². The monoisotopic (exact) mass is 480 g/mol. The smallest absolute Gasteiger partial charge is 0.0702 e. The van der Waals surface area contributed by atoms with E-state index in [0.29, 0.717) is 0 Å². The van der Waals surface area contributed by atoms with Crippen molar-refractivity contribution < 1.29 is 10.2 Å². The van der Waals surface area contributed by atoms with E-state index in [1.165, 1.54) is 22.3 Å². The van der Waals surface area contributed by atoms with Gasteiger partial charge in [0.2, 0.25) is 0 Å². The molecule has 0 saturated carbocycles. The first-order chi connectivity index (χ1) is 18.2. The van der Waals surface area contributed by atoms with Gasteiger partial charge < -0.3 is 10.2 Å². The second-order valence-electron chi connectivity index (χ2n) is 9.59. The molecule has 0 aliphatic carbocycles. The topological polar surface area (TPSA) is 40.5 Å². The molecule has 180 valence electrons. The van der Waals surface area contributed by atoms with Crippen LogP contribution in [0.4, 0.5) is 0 Å². The molecule has 0 atom stereocenters. The highest BCUT2D eigenvalue weighted by atomic mass is 16.3. The van der Waals surface area contributed by atoms with E-state index in [4.69, 9.17) is 0 Å². The van der Waals surface area contributed by atoms with Gasteiger partial charge in [0.05, 0.1) is 18.6 Å². The highest BCUT2D eigenvalue weighted by Gasteiger charge is 2.38. The predicted molar refractivity (Wildman–Crippen MR) is 152 cm³/mol. The third kappa shape index (κ3) is 4.01. The van der Waals surface area contributed by atoms with E-state index in [0.717, 1.165) is 32.7 Å². The first-order valence-electron chi connectivity index (χ1n) is 12.6. The number of fused-ring (bicyclic) bond motifs is 2. The second-order valence-corrected chi connectivity index (χ2v) is 9.59. The van der Waals surface area contributed by atoms with Crippen LogP contribution in [0.25, 0.3) is 21.5 Å². The predicted octanol–water partition coefficient (Wildman–Crippen LogP) is 7.36. The summed E-state index contributed by atoms with van der Waals surface area (Å²) < 4.78 is 0. The number of hydrogen-bond acceptors (Lipinski definition) is 2. The van der Waals surface area contributed by atoms with Crippen molar-refractivity contribution in [1.29, 1.82) is 0 Å². The number of aliphatic hydroxyl groups is 2. The van der Waals surface area contributed by atoms with Crippen molar-refractivity contribution in [3.05, 3.63) is 167 Å². The quantitative estimate of drug-likeness (QED) is 0.245. The molecular formula is C35H28O2. The Morgan fingerprint density at radius 2 is 0.757 bits per heavy atom. The average molecular weight is 481 g/mol. The van der Waals surface area contributed by atoms with Gasteiger partial charge in [0, 0.05) is 0 Å². The molecule has 0 fully saturated rings. The SMILES string of the molecule is OCc1ccc2cc(C(c3ccccc3)(c3ccccc3)c3ccc4cc(CO)ccc4c3)ccc2c1. The fourth-order valence-electron chi connectivity index (χ4n) is 5.63. The lowest BCUT2D eigenvalue weighted by molar-refractivity contribution is 0.282. The molecule has 0 aliphatic heterocycles. The molecule has 0 radical (unpaired) electrons. The first kappa shape index (κ1) is 23.2. The van der Waals surface area contributed by atoms with Gasteiger partial charge in [-0.1, -0.05) is 109 Å². The minimum Gasteiger partial charge on any atom is -0.392 e. The fourth-order valence-corrected chi connectivity index (χ4v) is 5.63. The highest BCUT2D eigenvalue weighted by molar-refractivity contribution is 5.87. The van der Waals surface area contributed by atoms with Crippen LogP contribution in [0.1, 0.15) is 33.4 Å². The summed E-state index contributed by atoms with van der Waals surface area (Å²) in [4.78, 5) is 0. The zero-order chi connectivity index (χ0) is 25.2. The molecule has 0 unspecified atom stereocenters. The Kier molecular flexibility index (Phi) is 6.05. The van der Waals surface area contributed by atoms with Gasteiger partial charge >= 0.3 is 0 Å². The van der Waals surface area contributed by atoms with Crippen LogP contribution in [-0.4, -0.2) is 10.2 Å². The number of rotatable bonds is 6. The van der Waals surface area contributed by atoms with E-state index < -0.39 is 5.41 Å². The first-order valence-corrected chi connectivity index (χ1v) is 12.6. The Morgan fingerprint density at radius 1 is 0.378 bits per heavy atom. The molecule has 0 amide bonds. The van der Waals surface area contributed by atoms with Crippen LogP contribution in [0.2, 0.25) is 0 Å². The van der Waals surface area contributed by atoms with Crippen LogP contribution >= 0.6 is 0 Å². The van der Waals surface area contributed by atoms with Crippen molar-refractivity contribution in [2.45, 2.75) is 18.6 Å². The van der Waals surface area contributed by atoms with Crippen LogP contribution in [0.15, 0.2) is 133 Å². The van der Waals surface area contributed by atoms with Gasteiger partial charge in [0.1, 0.15) is 0 Å². The van der Waals surface area contributed by atoms with Gasteiger partial charge in [0.25, 0.3) is 0 Å². The van der Waals surface area contributed by atoms with Crippen LogP contribution in [0, 0.1) is 0 Å². The Morgan fingerprint density at radius 3 is 1.16 bits per heavy atom. The van der Waals surface area contributed by atoms with Gasteiger partial charge in [-0.25, -0.2) is 0 Å². The van der Waals surface area contributed by atoms with Crippen molar-refractivity contribution in [3.8, 4) is 0 Å². The highest BCUT2D eigenvalue weighted by Crippen LogP contribution is 2.46. The third-order valence-corrected chi connectivity index (χ3v) is 7.45. The van der Waals surface area contributed by atoms with Crippen LogP contribution in [-0.2, 0) is 18.6 Å². The van der Waals surface area contributed by atoms with Gasteiger partial charge in [-0.05, 0) is 79.2 Å². The van der Waals surface area contributed by atoms with Gasteiger partial charge in [-0.3, -0.25) is 0 Å². The van der Waals surface area contributed by atoms with Crippen molar-refractivity contribution in [2.75, 3.05) is 0 Å². The third-order valence-electron chi connectivity index (χ3n) is 7.45. The van der Waals surface area contributed by atoms with Crippen LogP contribution in [0.3, 0.4) is 0 Å². The summed E-state index contributed by atoms with van der Waals surface area (Å²) in [6, 6.07) is 47.1. The zero-order valence-electron chi connectivity index (χ0n) is 20.5. The number of benzene rings is 6. The minimum atomic E-state index is -0.545. The van der Waals surface area contributed by atoms with Crippen molar-refractivity contribution in [1.82, 2.24) is 0 Å². The van der Waals surface area contributed by atoms with Crippen molar-refractivity contribution in [2.24, 2.45) is 0 Å². The standard InChI is InChI=1S/C35H28O2/c36-23-25-11-13-29-21-33(17-15-27(29)19-25)35(31-7-3-1-4-8-31,32-9-5-2-6-10-32)34-18-16-28-20-26(24-37)12-14-30(28)22-34/h1-22,36-37H,23-24H2. The molecule has 37 heavy (non-hydrogen) atoms. The molecule has 6 aromatic carbocycles. The molecule has 2 N–H and O–H groups in total. The molecule has 2 nitrogen and oxygen atoms in total. The lowest BCUT2D eigenvalue weighted by Crippen LogP contribution is -2.31. The lowest BCUT2D eigenvalue weighted by Gasteiger charge is -2.37. The summed E-state index contributed by atoms with van der Waals surface area (Å²) in [7, 11) is 0. The molecule has 0 saturated heterocycles. The van der Waals surface area contributed by atoms with Gasteiger partial charge in [0.15, 0.2) is 0 Å². The van der Waals surface area contributed by atoms with Gasteiger partial charge in [-0.2, -0.15) is 0 Å². The van der Waals surface area contributed by atoms with Gasteiger partial charge in [-0.15, -0.1) is 0 Å². The molecule has 6 aromatic rings. The molecule has 0 heterocycles. The maximum absolute atomic E-state index is 9.63. The largest absolute Gasteiger partial charge is 0.392 e. The molecule has 0 bridgehead atoms. The molecular weight excluding hydrogens is 452 g/mol. The van der Waals surface area contributed by atoms with E-state index in [1.54, 1.807) is 0 Å². The minimum absolute atomic E-state index is 0.0325. The van der Waals surface area contributed by atoms with E-state index in [1.807, 2.05) is 12.1 Å². The summed E-state index contributed by atoms with van der Waals surface area (Å²) in [6.07, 6.45) is 0. The Hall–Kier alpha value is -4.24. The molecule has 0 aliphatic rings. The Balaban J connectivity index is 1.69. The van der Waals surface area contributed by atoms with E-state index >= 15 is 0 Å². The average Bonchev–Trinajstić information content (AvgIpc) is 2.98. The number of hydrogen-bond donors (Lipinski definition) is 2. The maximum atomic E-state index is 9.63. The summed E-state index contributed by atoms with van der Waals surface area (Å²) in [5.74, 6) is 0. The number of aliphatic hydroxyl groups excluding tert-OH is 2. The Labute approximate surface area is 217 Å². The molecule has 0 aromatic heterocycles. The van der Waals surface area contributed by atoms with Crippen LogP contribution in [0.5, 0.6) is 0 Å². The van der Waals surface area contributed by atoms with E-state index in [2.05, 4.69) is 121 Å². The van der Waals surface area contributed by atoms with E-state index in [9.17, 15) is 10.2 Å². The summed E-state index contributed by atoms with van der Waals surface area (Å²) in [5, 5.41) is 23.8. The lowest BCUT2D eigenvalue weighted by atomic mass is 9.64. The molecule has 0 spiro atoms. The normalized spacial score (nSPS) is 11.7.